The third-order valence-electron chi connectivity index (χ3n) is 3.78. The van der Waals surface area contributed by atoms with E-state index in [4.69, 9.17) is 16.3 Å². The van der Waals surface area contributed by atoms with Gasteiger partial charge in [-0.05, 0) is 37.8 Å². The van der Waals surface area contributed by atoms with Crippen molar-refractivity contribution in [1.29, 1.82) is 0 Å². The second-order valence-corrected chi connectivity index (χ2v) is 5.57. The summed E-state index contributed by atoms with van der Waals surface area (Å²) < 4.78 is 4.74. The van der Waals surface area contributed by atoms with E-state index in [1.54, 1.807) is 12.1 Å². The van der Waals surface area contributed by atoms with Gasteiger partial charge in [0, 0.05) is 17.1 Å². The van der Waals surface area contributed by atoms with E-state index in [0.29, 0.717) is 10.7 Å². The van der Waals surface area contributed by atoms with Gasteiger partial charge in [0.25, 0.3) is 5.69 Å². The van der Waals surface area contributed by atoms with E-state index in [-0.39, 0.29) is 23.6 Å². The van der Waals surface area contributed by atoms with Crippen LogP contribution in [0.25, 0.3) is 0 Å². The molecule has 1 aromatic carbocycles. The number of carbonyl (C=O) groups excluding carboxylic acids is 1. The molecule has 1 fully saturated rings. The van der Waals surface area contributed by atoms with Gasteiger partial charge >= 0.3 is 5.97 Å². The molecule has 0 atom stereocenters. The number of nitrogens with one attached hydrogen (secondary N) is 1. The summed E-state index contributed by atoms with van der Waals surface area (Å²) in [6.07, 6.45) is 3.01. The minimum Gasteiger partial charge on any atom is -0.469 e. The molecule has 1 N–H and O–H groups in total. The van der Waals surface area contributed by atoms with E-state index in [9.17, 15) is 14.9 Å². The molecule has 0 unspecified atom stereocenters. The number of hydrogen-bond donors (Lipinski definition) is 1. The van der Waals surface area contributed by atoms with E-state index in [0.717, 1.165) is 25.7 Å². The Morgan fingerprint density at radius 3 is 2.62 bits per heavy atom. The third-order valence-corrected chi connectivity index (χ3v) is 4.01. The maximum Gasteiger partial charge on any atom is 0.308 e. The smallest absolute Gasteiger partial charge is 0.308 e. The van der Waals surface area contributed by atoms with Crippen molar-refractivity contribution >= 4 is 28.9 Å². The predicted octanol–water partition coefficient (Wildman–Crippen LogP) is 3.39. The molecule has 7 heteroatoms. The Kier molecular flexibility index (Phi) is 5.01. The highest BCUT2D eigenvalue weighted by molar-refractivity contribution is 6.30. The number of carbonyl (C=O) groups is 1. The first-order valence-corrected chi connectivity index (χ1v) is 7.17. The number of nitro benzene ring substituents is 1. The lowest BCUT2D eigenvalue weighted by atomic mass is 9.86. The molecule has 0 heterocycles. The highest BCUT2D eigenvalue weighted by Crippen LogP contribution is 2.32. The molecule has 1 aliphatic carbocycles. The molecule has 21 heavy (non-hydrogen) atoms. The van der Waals surface area contributed by atoms with Crippen LogP contribution in [0.1, 0.15) is 25.7 Å². The van der Waals surface area contributed by atoms with Gasteiger partial charge in [0.05, 0.1) is 18.0 Å². The van der Waals surface area contributed by atoms with Crippen molar-refractivity contribution in [3.8, 4) is 0 Å². The molecule has 0 bridgehead atoms. The van der Waals surface area contributed by atoms with Crippen LogP contribution in [-0.4, -0.2) is 24.0 Å². The number of rotatable bonds is 4. The van der Waals surface area contributed by atoms with E-state index >= 15 is 0 Å². The normalized spacial score (nSPS) is 21.6. The van der Waals surface area contributed by atoms with Crippen LogP contribution in [0.3, 0.4) is 0 Å². The Morgan fingerprint density at radius 1 is 1.38 bits per heavy atom. The zero-order chi connectivity index (χ0) is 15.4. The average molecular weight is 313 g/mol. The standard InChI is InChI=1S/C14H17ClN2O4/c1-21-14(18)9-2-5-11(6-3-9)16-12-7-4-10(15)8-13(12)17(19)20/h4,7-9,11,16H,2-3,5-6H2,1H3. The van der Waals surface area contributed by atoms with Crippen molar-refractivity contribution in [3.63, 3.8) is 0 Å². The molecule has 2 rings (SSSR count). The molecule has 1 saturated carbocycles. The Morgan fingerprint density at radius 2 is 2.05 bits per heavy atom. The van der Waals surface area contributed by atoms with Crippen LogP contribution in [0.2, 0.25) is 5.02 Å². The monoisotopic (exact) mass is 312 g/mol. The zero-order valence-electron chi connectivity index (χ0n) is 11.7. The van der Waals surface area contributed by atoms with Crippen LogP contribution >= 0.6 is 11.6 Å². The number of ether oxygens (including phenoxy) is 1. The number of halogens is 1. The summed E-state index contributed by atoms with van der Waals surface area (Å²) in [6, 6.07) is 4.69. The predicted molar refractivity (Wildman–Crippen MR) is 79.5 cm³/mol. The highest BCUT2D eigenvalue weighted by atomic mass is 35.5. The van der Waals surface area contributed by atoms with Crippen molar-refractivity contribution in [2.45, 2.75) is 31.7 Å². The van der Waals surface area contributed by atoms with Gasteiger partial charge in [0.15, 0.2) is 0 Å². The van der Waals surface area contributed by atoms with E-state index in [2.05, 4.69) is 5.32 Å². The number of hydrogen-bond acceptors (Lipinski definition) is 5. The first-order valence-electron chi connectivity index (χ1n) is 6.79. The second kappa shape index (κ2) is 6.76. The van der Waals surface area contributed by atoms with Crippen LogP contribution in [0, 0.1) is 16.0 Å². The van der Waals surface area contributed by atoms with Gasteiger partial charge in [-0.2, -0.15) is 0 Å². The number of anilines is 1. The largest absolute Gasteiger partial charge is 0.469 e. The Hall–Kier alpha value is -1.82. The summed E-state index contributed by atoms with van der Waals surface area (Å²) in [4.78, 5) is 22.1. The molecule has 6 nitrogen and oxygen atoms in total. The summed E-state index contributed by atoms with van der Waals surface area (Å²) in [7, 11) is 1.39. The van der Waals surface area contributed by atoms with Crippen molar-refractivity contribution in [3.05, 3.63) is 33.3 Å². The summed E-state index contributed by atoms with van der Waals surface area (Å²) in [5, 5.41) is 14.6. The average Bonchev–Trinajstić information content (AvgIpc) is 2.49. The van der Waals surface area contributed by atoms with Gasteiger partial charge in [-0.15, -0.1) is 0 Å². The molecule has 0 amide bonds. The molecule has 114 valence electrons. The van der Waals surface area contributed by atoms with Gasteiger partial charge < -0.3 is 10.1 Å². The maximum atomic E-state index is 11.5. The van der Waals surface area contributed by atoms with E-state index in [1.165, 1.54) is 13.2 Å². The molecule has 0 saturated heterocycles. The molecular formula is C14H17ClN2O4. The molecule has 0 aromatic heterocycles. The van der Waals surface area contributed by atoms with Crippen LogP contribution in [0.15, 0.2) is 18.2 Å². The van der Waals surface area contributed by atoms with E-state index < -0.39 is 4.92 Å². The Bertz CT molecular complexity index is 542. The molecule has 0 radical (unpaired) electrons. The van der Waals surface area contributed by atoms with Gasteiger partial charge in [-0.1, -0.05) is 11.6 Å². The van der Waals surface area contributed by atoms with Crippen molar-refractivity contribution < 1.29 is 14.5 Å². The van der Waals surface area contributed by atoms with Gasteiger partial charge in [-0.3, -0.25) is 14.9 Å². The van der Waals surface area contributed by atoms with Gasteiger partial charge in [0.1, 0.15) is 5.69 Å². The quantitative estimate of drug-likeness (QED) is 0.523. The maximum absolute atomic E-state index is 11.5. The molecule has 1 aromatic rings. The van der Waals surface area contributed by atoms with E-state index in [1.807, 2.05) is 0 Å². The van der Waals surface area contributed by atoms with Crippen LogP contribution in [-0.2, 0) is 9.53 Å². The first kappa shape index (κ1) is 15.6. The first-order chi connectivity index (χ1) is 10.0. The van der Waals surface area contributed by atoms with Crippen molar-refractivity contribution in [1.82, 2.24) is 0 Å². The zero-order valence-corrected chi connectivity index (χ0v) is 12.4. The summed E-state index contributed by atoms with van der Waals surface area (Å²) in [5.74, 6) is -0.237. The molecule has 1 aliphatic rings. The van der Waals surface area contributed by atoms with Crippen molar-refractivity contribution in [2.24, 2.45) is 5.92 Å². The summed E-state index contributed by atoms with van der Waals surface area (Å²) in [6.45, 7) is 0. The van der Waals surface area contributed by atoms with Gasteiger partial charge in [0.2, 0.25) is 0 Å². The lowest BCUT2D eigenvalue weighted by Gasteiger charge is -2.28. The summed E-state index contributed by atoms with van der Waals surface area (Å²) >= 11 is 5.79. The van der Waals surface area contributed by atoms with Crippen molar-refractivity contribution in [2.75, 3.05) is 12.4 Å². The Labute approximate surface area is 127 Å². The summed E-state index contributed by atoms with van der Waals surface area (Å²) in [5.41, 5.74) is 0.434. The minimum atomic E-state index is -0.450. The Balaban J connectivity index is 2.01. The molecule has 0 aliphatic heterocycles. The van der Waals surface area contributed by atoms with Gasteiger partial charge in [-0.25, -0.2) is 0 Å². The topological polar surface area (TPSA) is 81.5 Å². The number of nitrogens with zero attached hydrogens (tertiary/aromatic N) is 1. The second-order valence-electron chi connectivity index (χ2n) is 5.13. The molecule has 0 spiro atoms. The van der Waals surface area contributed by atoms with Crippen LogP contribution < -0.4 is 5.32 Å². The SMILES string of the molecule is COC(=O)C1CCC(Nc2ccc(Cl)cc2[N+](=O)[O-])CC1. The lowest BCUT2D eigenvalue weighted by Crippen LogP contribution is -2.30. The number of esters is 1. The number of methoxy groups -OCH3 is 1. The molecular weight excluding hydrogens is 296 g/mol. The van der Waals surface area contributed by atoms with Crippen LogP contribution in [0.4, 0.5) is 11.4 Å². The fourth-order valence-electron chi connectivity index (χ4n) is 2.64. The fraction of sp³-hybridized carbons (Fsp3) is 0.500. The third kappa shape index (κ3) is 3.85. The number of benzene rings is 1. The lowest BCUT2D eigenvalue weighted by molar-refractivity contribution is -0.384. The highest BCUT2D eigenvalue weighted by Gasteiger charge is 2.28. The minimum absolute atomic E-state index is 0.0300. The fourth-order valence-corrected chi connectivity index (χ4v) is 2.80. The number of nitro groups is 1. The van der Waals surface area contributed by atoms with Crippen LogP contribution in [0.5, 0.6) is 0 Å².